The van der Waals surface area contributed by atoms with Crippen LogP contribution in [0.5, 0.6) is 5.75 Å². The van der Waals surface area contributed by atoms with E-state index in [1.165, 1.54) is 0 Å². The van der Waals surface area contributed by atoms with Crippen LogP contribution in [0, 0.1) is 0 Å². The molecule has 4 nitrogen and oxygen atoms in total. The molecule has 2 aromatic rings. The maximum absolute atomic E-state index is 5.19. The molecule has 2 rings (SSSR count). The number of hydrogen-bond acceptors (Lipinski definition) is 5. The standard InChI is InChI=1S/C11H13N3OS/c1-15-10-3-2-5-12-11(10)13-6-4-9-7-16-8-14-9/h2-3,5,7-8H,4,6H2,1H3,(H,12,13). The average Bonchev–Trinajstić information content (AvgIpc) is 2.83. The number of anilines is 1. The molecule has 0 fully saturated rings. The Kier molecular flexibility index (Phi) is 3.71. The van der Waals surface area contributed by atoms with Crippen molar-refractivity contribution in [3.05, 3.63) is 34.9 Å². The van der Waals surface area contributed by atoms with Crippen molar-refractivity contribution in [1.82, 2.24) is 9.97 Å². The first-order chi connectivity index (χ1) is 7.90. The molecule has 0 saturated heterocycles. The second kappa shape index (κ2) is 5.46. The fraction of sp³-hybridized carbons (Fsp3) is 0.273. The first-order valence-electron chi connectivity index (χ1n) is 5.00. The number of ether oxygens (including phenoxy) is 1. The molecule has 0 amide bonds. The number of hydrogen-bond donors (Lipinski definition) is 1. The third-order valence-electron chi connectivity index (χ3n) is 2.15. The lowest BCUT2D eigenvalue weighted by Gasteiger charge is -2.08. The summed E-state index contributed by atoms with van der Waals surface area (Å²) in [5.41, 5.74) is 2.95. The van der Waals surface area contributed by atoms with Crippen molar-refractivity contribution >= 4 is 17.2 Å². The van der Waals surface area contributed by atoms with Crippen molar-refractivity contribution in [3.63, 3.8) is 0 Å². The molecule has 0 bridgehead atoms. The zero-order chi connectivity index (χ0) is 11.2. The lowest BCUT2D eigenvalue weighted by molar-refractivity contribution is 0.415. The molecule has 2 heterocycles. The first-order valence-corrected chi connectivity index (χ1v) is 5.94. The molecular formula is C11H13N3OS. The Morgan fingerprint density at radius 3 is 3.12 bits per heavy atom. The first kappa shape index (κ1) is 10.9. The van der Waals surface area contributed by atoms with Gasteiger partial charge in [0.2, 0.25) is 0 Å². The topological polar surface area (TPSA) is 47.0 Å². The van der Waals surface area contributed by atoms with E-state index in [4.69, 9.17) is 4.74 Å². The van der Waals surface area contributed by atoms with Gasteiger partial charge in [-0.1, -0.05) is 0 Å². The van der Waals surface area contributed by atoms with Crippen LogP contribution in [0.15, 0.2) is 29.2 Å². The number of rotatable bonds is 5. The third kappa shape index (κ3) is 2.70. The van der Waals surface area contributed by atoms with Crippen LogP contribution in [0.1, 0.15) is 5.69 Å². The SMILES string of the molecule is COc1cccnc1NCCc1cscn1. The summed E-state index contributed by atoms with van der Waals surface area (Å²) in [5, 5.41) is 5.28. The fourth-order valence-corrected chi connectivity index (χ4v) is 1.95. The van der Waals surface area contributed by atoms with Gasteiger partial charge in [-0.15, -0.1) is 11.3 Å². The Balaban J connectivity index is 1.89. The van der Waals surface area contributed by atoms with Crippen LogP contribution in [0.2, 0.25) is 0 Å². The molecule has 0 aliphatic rings. The molecule has 0 spiro atoms. The van der Waals surface area contributed by atoms with E-state index in [0.29, 0.717) is 0 Å². The molecule has 0 radical (unpaired) electrons. The van der Waals surface area contributed by atoms with Gasteiger partial charge in [0.25, 0.3) is 0 Å². The minimum Gasteiger partial charge on any atom is -0.493 e. The van der Waals surface area contributed by atoms with E-state index < -0.39 is 0 Å². The Hall–Kier alpha value is -1.62. The number of nitrogens with zero attached hydrogens (tertiary/aromatic N) is 2. The number of aromatic nitrogens is 2. The number of methoxy groups -OCH3 is 1. The molecule has 0 aliphatic carbocycles. The second-order valence-electron chi connectivity index (χ2n) is 3.21. The van der Waals surface area contributed by atoms with Crippen molar-refractivity contribution in [1.29, 1.82) is 0 Å². The van der Waals surface area contributed by atoms with Gasteiger partial charge >= 0.3 is 0 Å². The Morgan fingerprint density at radius 2 is 2.38 bits per heavy atom. The highest BCUT2D eigenvalue weighted by atomic mass is 32.1. The maximum atomic E-state index is 5.19. The molecule has 0 atom stereocenters. The minimum atomic E-state index is 0.765. The monoisotopic (exact) mass is 235 g/mol. The summed E-state index contributed by atoms with van der Waals surface area (Å²) in [7, 11) is 1.64. The molecule has 16 heavy (non-hydrogen) atoms. The normalized spacial score (nSPS) is 10.1. The zero-order valence-electron chi connectivity index (χ0n) is 9.01. The predicted molar refractivity (Wildman–Crippen MR) is 65.1 cm³/mol. The third-order valence-corrected chi connectivity index (χ3v) is 2.78. The lowest BCUT2D eigenvalue weighted by atomic mass is 10.3. The van der Waals surface area contributed by atoms with E-state index in [-0.39, 0.29) is 0 Å². The smallest absolute Gasteiger partial charge is 0.168 e. The van der Waals surface area contributed by atoms with Crippen LogP contribution in [0.4, 0.5) is 5.82 Å². The maximum Gasteiger partial charge on any atom is 0.168 e. The summed E-state index contributed by atoms with van der Waals surface area (Å²) in [5.74, 6) is 1.54. The number of pyridine rings is 1. The summed E-state index contributed by atoms with van der Waals surface area (Å²) < 4.78 is 5.19. The van der Waals surface area contributed by atoms with Crippen LogP contribution in [0.3, 0.4) is 0 Å². The van der Waals surface area contributed by atoms with Crippen molar-refractivity contribution in [3.8, 4) is 5.75 Å². The molecule has 0 aliphatic heterocycles. The summed E-state index contributed by atoms with van der Waals surface area (Å²) >= 11 is 1.61. The van der Waals surface area contributed by atoms with E-state index >= 15 is 0 Å². The Bertz CT molecular complexity index is 431. The Labute approximate surface area is 98.3 Å². The summed E-state index contributed by atoms with van der Waals surface area (Å²) in [4.78, 5) is 8.43. The molecule has 2 aromatic heterocycles. The molecule has 0 unspecified atom stereocenters. The fourth-order valence-electron chi connectivity index (χ4n) is 1.36. The molecule has 5 heteroatoms. The van der Waals surface area contributed by atoms with Gasteiger partial charge < -0.3 is 10.1 Å². The van der Waals surface area contributed by atoms with Crippen molar-refractivity contribution in [2.24, 2.45) is 0 Å². The predicted octanol–water partition coefficient (Wildman–Crippen LogP) is 2.20. The van der Waals surface area contributed by atoms with Crippen LogP contribution < -0.4 is 10.1 Å². The van der Waals surface area contributed by atoms with Gasteiger partial charge in [-0.2, -0.15) is 0 Å². The van der Waals surface area contributed by atoms with Crippen LogP contribution in [-0.4, -0.2) is 23.6 Å². The second-order valence-corrected chi connectivity index (χ2v) is 3.93. The van der Waals surface area contributed by atoms with Gasteiger partial charge in [-0.25, -0.2) is 9.97 Å². The largest absolute Gasteiger partial charge is 0.493 e. The summed E-state index contributed by atoms with van der Waals surface area (Å²) in [6, 6.07) is 3.74. The van der Waals surface area contributed by atoms with Crippen LogP contribution in [-0.2, 0) is 6.42 Å². The number of nitrogens with one attached hydrogen (secondary N) is 1. The Morgan fingerprint density at radius 1 is 1.44 bits per heavy atom. The minimum absolute atomic E-state index is 0.765. The molecule has 0 aromatic carbocycles. The molecule has 1 N–H and O–H groups in total. The average molecular weight is 235 g/mol. The van der Waals surface area contributed by atoms with Gasteiger partial charge in [-0.05, 0) is 12.1 Å². The van der Waals surface area contributed by atoms with E-state index in [2.05, 4.69) is 20.7 Å². The number of thiazole rings is 1. The van der Waals surface area contributed by atoms with E-state index in [9.17, 15) is 0 Å². The van der Waals surface area contributed by atoms with Gasteiger partial charge in [0.15, 0.2) is 11.6 Å². The van der Waals surface area contributed by atoms with Gasteiger partial charge in [0, 0.05) is 24.5 Å². The highest BCUT2D eigenvalue weighted by molar-refractivity contribution is 7.07. The van der Waals surface area contributed by atoms with Gasteiger partial charge in [0.05, 0.1) is 18.3 Å². The van der Waals surface area contributed by atoms with Crippen molar-refractivity contribution < 1.29 is 4.74 Å². The molecule has 84 valence electrons. The quantitative estimate of drug-likeness (QED) is 0.863. The van der Waals surface area contributed by atoms with E-state index in [0.717, 1.165) is 30.2 Å². The van der Waals surface area contributed by atoms with Gasteiger partial charge in [-0.3, -0.25) is 0 Å². The van der Waals surface area contributed by atoms with Gasteiger partial charge in [0.1, 0.15) is 0 Å². The van der Waals surface area contributed by atoms with Crippen molar-refractivity contribution in [2.45, 2.75) is 6.42 Å². The highest BCUT2D eigenvalue weighted by Crippen LogP contribution is 2.19. The summed E-state index contributed by atoms with van der Waals surface area (Å²) in [6.07, 6.45) is 2.64. The van der Waals surface area contributed by atoms with E-state index in [1.807, 2.05) is 17.6 Å². The summed E-state index contributed by atoms with van der Waals surface area (Å²) in [6.45, 7) is 0.803. The van der Waals surface area contributed by atoms with Crippen LogP contribution in [0.25, 0.3) is 0 Å². The van der Waals surface area contributed by atoms with Crippen molar-refractivity contribution in [2.75, 3.05) is 19.0 Å². The molecule has 0 saturated carbocycles. The van der Waals surface area contributed by atoms with Crippen LogP contribution >= 0.6 is 11.3 Å². The lowest BCUT2D eigenvalue weighted by Crippen LogP contribution is -2.07. The zero-order valence-corrected chi connectivity index (χ0v) is 9.83. The highest BCUT2D eigenvalue weighted by Gasteiger charge is 2.02. The molecular weight excluding hydrogens is 222 g/mol. The van der Waals surface area contributed by atoms with E-state index in [1.54, 1.807) is 24.6 Å².